The Morgan fingerprint density at radius 2 is 2.10 bits per heavy atom. The van der Waals surface area contributed by atoms with Crippen molar-refractivity contribution in [1.29, 1.82) is 0 Å². The zero-order valence-corrected chi connectivity index (χ0v) is 13.6. The minimum atomic E-state index is -4.13. The topological polar surface area (TPSA) is 80.5 Å². The summed E-state index contributed by atoms with van der Waals surface area (Å²) in [7, 11) is -2.78. The van der Waals surface area contributed by atoms with E-state index >= 15 is 0 Å². The van der Waals surface area contributed by atoms with E-state index in [2.05, 4.69) is 0 Å². The number of nitrogens with zero attached hydrogens (tertiary/aromatic N) is 2. The number of halogens is 1. The summed E-state index contributed by atoms with van der Waals surface area (Å²) in [5.41, 5.74) is -1.01. The second kappa shape index (κ2) is 7.19. The van der Waals surface area contributed by atoms with Crippen LogP contribution in [0.2, 0.25) is 0 Å². The predicted octanol–water partition coefficient (Wildman–Crippen LogP) is 2.50. The molecule has 118 valence electrons. The molecule has 0 aliphatic carbocycles. The van der Waals surface area contributed by atoms with Gasteiger partial charge in [0.05, 0.1) is 4.92 Å². The number of sulfonamides is 1. The summed E-state index contributed by atoms with van der Waals surface area (Å²) in [6.45, 7) is 1.83. The van der Waals surface area contributed by atoms with Gasteiger partial charge in [0, 0.05) is 18.8 Å². The van der Waals surface area contributed by atoms with E-state index in [9.17, 15) is 22.9 Å². The summed E-state index contributed by atoms with van der Waals surface area (Å²) < 4.78 is 39.7. The van der Waals surface area contributed by atoms with Gasteiger partial charge in [0.25, 0.3) is 0 Å². The van der Waals surface area contributed by atoms with Crippen molar-refractivity contribution in [2.24, 2.45) is 0 Å². The molecule has 1 aromatic rings. The van der Waals surface area contributed by atoms with E-state index in [0.717, 1.165) is 22.5 Å². The highest BCUT2D eigenvalue weighted by molar-refractivity contribution is 7.98. The number of hydrogen-bond acceptors (Lipinski definition) is 5. The fraction of sp³-hybridized carbons (Fsp3) is 0.500. The van der Waals surface area contributed by atoms with Crippen molar-refractivity contribution >= 4 is 27.5 Å². The maximum absolute atomic E-state index is 13.6. The summed E-state index contributed by atoms with van der Waals surface area (Å²) >= 11 is 1.47. The molecule has 0 fully saturated rings. The Kier molecular flexibility index (Phi) is 6.11. The number of hydrogen-bond donors (Lipinski definition) is 0. The second-order valence-electron chi connectivity index (χ2n) is 4.38. The lowest BCUT2D eigenvalue weighted by Crippen LogP contribution is -2.38. The van der Waals surface area contributed by atoms with Crippen LogP contribution in [0.5, 0.6) is 0 Å². The average molecular weight is 336 g/mol. The van der Waals surface area contributed by atoms with E-state index in [0.29, 0.717) is 12.2 Å². The summed E-state index contributed by atoms with van der Waals surface area (Å²) in [4.78, 5) is 9.33. The van der Waals surface area contributed by atoms with E-state index in [1.807, 2.05) is 13.2 Å². The number of rotatable bonds is 7. The number of nitro benzene ring substituents is 1. The molecule has 6 nitrogen and oxygen atoms in total. The highest BCUT2D eigenvalue weighted by Crippen LogP contribution is 2.30. The first-order valence-electron chi connectivity index (χ1n) is 6.17. The van der Waals surface area contributed by atoms with Crippen LogP contribution in [0, 0.1) is 15.9 Å². The van der Waals surface area contributed by atoms with Gasteiger partial charge >= 0.3 is 5.69 Å². The SMILES string of the molecule is CCC(CSC)N(C)S(=O)(=O)c1cccc(F)c1[N+](=O)[O-]. The third-order valence-electron chi connectivity index (χ3n) is 3.13. The molecule has 0 aromatic heterocycles. The van der Waals surface area contributed by atoms with Crippen LogP contribution in [0.1, 0.15) is 13.3 Å². The minimum Gasteiger partial charge on any atom is -0.258 e. The highest BCUT2D eigenvalue weighted by Gasteiger charge is 2.34. The lowest BCUT2D eigenvalue weighted by molar-refractivity contribution is -0.390. The summed E-state index contributed by atoms with van der Waals surface area (Å²) in [6, 6.07) is 2.77. The molecule has 1 rings (SSSR count). The molecule has 1 atom stereocenters. The maximum atomic E-state index is 13.6. The Balaban J connectivity index is 3.38. The van der Waals surface area contributed by atoms with E-state index in [1.54, 1.807) is 0 Å². The molecular weight excluding hydrogens is 319 g/mol. The highest BCUT2D eigenvalue weighted by atomic mass is 32.2. The van der Waals surface area contributed by atoms with Gasteiger partial charge in [0.1, 0.15) is 0 Å². The molecule has 0 spiro atoms. The van der Waals surface area contributed by atoms with E-state index in [1.165, 1.54) is 18.8 Å². The Morgan fingerprint density at radius 1 is 1.48 bits per heavy atom. The first-order chi connectivity index (χ1) is 9.77. The number of para-hydroxylation sites is 1. The normalized spacial score (nSPS) is 13.4. The molecule has 0 aliphatic rings. The van der Waals surface area contributed by atoms with Gasteiger partial charge in [0.2, 0.25) is 15.8 Å². The van der Waals surface area contributed by atoms with Crippen LogP contribution in [0.15, 0.2) is 23.1 Å². The molecule has 9 heteroatoms. The molecule has 0 bridgehead atoms. The smallest absolute Gasteiger partial charge is 0.258 e. The van der Waals surface area contributed by atoms with Crippen LogP contribution in [-0.4, -0.2) is 42.7 Å². The van der Waals surface area contributed by atoms with Crippen molar-refractivity contribution in [3.05, 3.63) is 34.1 Å². The molecule has 0 heterocycles. The molecule has 0 N–H and O–H groups in total. The molecular formula is C12H17FN2O4S2. The fourth-order valence-electron chi connectivity index (χ4n) is 1.90. The number of nitro groups is 1. The monoisotopic (exact) mass is 336 g/mol. The molecule has 1 unspecified atom stereocenters. The fourth-order valence-corrected chi connectivity index (χ4v) is 4.44. The standard InChI is InChI=1S/C12H17FN2O4S2/c1-4-9(8-20-3)14(2)21(18,19)11-7-5-6-10(13)12(11)15(16)17/h5-7,9H,4,8H2,1-3H3. The van der Waals surface area contributed by atoms with Gasteiger partial charge in [-0.1, -0.05) is 13.0 Å². The van der Waals surface area contributed by atoms with Gasteiger partial charge in [-0.15, -0.1) is 0 Å². The third-order valence-corrected chi connectivity index (χ3v) is 5.79. The summed E-state index contributed by atoms with van der Waals surface area (Å²) in [5.74, 6) is -0.609. The lowest BCUT2D eigenvalue weighted by atomic mass is 10.3. The van der Waals surface area contributed by atoms with Crippen LogP contribution in [0.3, 0.4) is 0 Å². The van der Waals surface area contributed by atoms with Crippen LogP contribution < -0.4 is 0 Å². The zero-order valence-electron chi connectivity index (χ0n) is 11.9. The van der Waals surface area contributed by atoms with E-state index < -0.39 is 31.3 Å². The third kappa shape index (κ3) is 3.72. The largest absolute Gasteiger partial charge is 0.324 e. The van der Waals surface area contributed by atoms with Crippen LogP contribution in [0.25, 0.3) is 0 Å². The molecule has 0 saturated carbocycles. The molecule has 0 aliphatic heterocycles. The quantitative estimate of drug-likeness (QED) is 0.564. The van der Waals surface area contributed by atoms with Gasteiger partial charge in [-0.3, -0.25) is 10.1 Å². The van der Waals surface area contributed by atoms with Gasteiger partial charge < -0.3 is 0 Å². The molecule has 1 aromatic carbocycles. The Hall–Kier alpha value is -1.19. The zero-order chi connectivity index (χ0) is 16.2. The van der Waals surface area contributed by atoms with E-state index in [-0.39, 0.29) is 6.04 Å². The molecule has 0 radical (unpaired) electrons. The van der Waals surface area contributed by atoms with Crippen molar-refractivity contribution in [2.75, 3.05) is 19.1 Å². The van der Waals surface area contributed by atoms with Gasteiger partial charge in [-0.2, -0.15) is 20.5 Å². The van der Waals surface area contributed by atoms with Crippen LogP contribution in [-0.2, 0) is 10.0 Å². The first-order valence-corrected chi connectivity index (χ1v) is 9.00. The Morgan fingerprint density at radius 3 is 2.57 bits per heavy atom. The van der Waals surface area contributed by atoms with Gasteiger partial charge in [0.15, 0.2) is 4.90 Å². The molecule has 21 heavy (non-hydrogen) atoms. The summed E-state index contributed by atoms with van der Waals surface area (Å²) in [5, 5.41) is 11.0. The molecule has 0 amide bonds. The predicted molar refractivity (Wildman–Crippen MR) is 80.5 cm³/mol. The first kappa shape index (κ1) is 17.9. The van der Waals surface area contributed by atoms with Crippen molar-refractivity contribution in [3.8, 4) is 0 Å². The molecule has 0 saturated heterocycles. The maximum Gasteiger partial charge on any atom is 0.324 e. The van der Waals surface area contributed by atoms with Crippen molar-refractivity contribution in [3.63, 3.8) is 0 Å². The van der Waals surface area contributed by atoms with Crippen LogP contribution in [0.4, 0.5) is 10.1 Å². The lowest BCUT2D eigenvalue weighted by Gasteiger charge is -2.25. The Bertz CT molecular complexity index is 622. The number of benzene rings is 1. The summed E-state index contributed by atoms with van der Waals surface area (Å²) in [6.07, 6.45) is 2.40. The Labute approximate surface area is 127 Å². The van der Waals surface area contributed by atoms with Gasteiger partial charge in [-0.25, -0.2) is 8.42 Å². The van der Waals surface area contributed by atoms with Crippen molar-refractivity contribution in [2.45, 2.75) is 24.3 Å². The van der Waals surface area contributed by atoms with Gasteiger partial charge in [-0.05, 0) is 24.8 Å². The average Bonchev–Trinajstić information content (AvgIpc) is 2.43. The minimum absolute atomic E-state index is 0.312. The van der Waals surface area contributed by atoms with Crippen molar-refractivity contribution in [1.82, 2.24) is 4.31 Å². The number of thioether (sulfide) groups is 1. The van der Waals surface area contributed by atoms with Crippen LogP contribution >= 0.6 is 11.8 Å². The second-order valence-corrected chi connectivity index (χ2v) is 7.26. The van der Waals surface area contributed by atoms with Crippen molar-refractivity contribution < 1.29 is 17.7 Å². The van der Waals surface area contributed by atoms with E-state index in [4.69, 9.17) is 0 Å².